The average Bonchev–Trinajstić information content (AvgIpc) is 2.88. The van der Waals surface area contributed by atoms with E-state index in [0.717, 1.165) is 35.3 Å². The Hall–Kier alpha value is -1.84. The minimum absolute atomic E-state index is 0.184. The molecule has 0 amide bonds. The van der Waals surface area contributed by atoms with Gasteiger partial charge in [-0.2, -0.15) is 0 Å². The van der Waals surface area contributed by atoms with Crippen LogP contribution >= 0.6 is 0 Å². The predicted octanol–water partition coefficient (Wildman–Crippen LogP) is 2.95. The van der Waals surface area contributed by atoms with E-state index in [0.29, 0.717) is 0 Å². The van der Waals surface area contributed by atoms with Gasteiger partial charge >= 0.3 is 0 Å². The first-order valence-electron chi connectivity index (χ1n) is 7.28. The fourth-order valence-corrected chi connectivity index (χ4v) is 2.83. The van der Waals surface area contributed by atoms with Crippen molar-refractivity contribution in [2.24, 2.45) is 0 Å². The summed E-state index contributed by atoms with van der Waals surface area (Å²) in [4.78, 5) is 0. The molecule has 0 spiro atoms. The van der Waals surface area contributed by atoms with Gasteiger partial charge in [0.05, 0.1) is 6.10 Å². The van der Waals surface area contributed by atoms with Crippen LogP contribution in [0.5, 0.6) is 5.75 Å². The molecule has 0 saturated carbocycles. The molecule has 0 heterocycles. The zero-order valence-corrected chi connectivity index (χ0v) is 12.1. The van der Waals surface area contributed by atoms with Gasteiger partial charge in [-0.25, -0.2) is 0 Å². The molecule has 110 valence electrons. The van der Waals surface area contributed by atoms with Crippen LogP contribution in [0.15, 0.2) is 48.5 Å². The maximum absolute atomic E-state index is 10.6. The van der Waals surface area contributed by atoms with Crippen LogP contribution in [0, 0.1) is 0 Å². The molecule has 0 aromatic heterocycles. The Labute approximate surface area is 124 Å². The molecular formula is C18H20O3. The minimum Gasteiger partial charge on any atom is -0.490 e. The molecule has 21 heavy (non-hydrogen) atoms. The summed E-state index contributed by atoms with van der Waals surface area (Å²) in [6.45, 7) is 1.93. The number of benzene rings is 2. The molecular weight excluding hydrogens is 264 g/mol. The summed E-state index contributed by atoms with van der Waals surface area (Å²) in [6, 6.07) is 15.2. The van der Waals surface area contributed by atoms with Gasteiger partial charge in [0, 0.05) is 5.56 Å². The molecule has 0 radical (unpaired) electrons. The van der Waals surface area contributed by atoms with Crippen molar-refractivity contribution in [2.45, 2.75) is 31.5 Å². The van der Waals surface area contributed by atoms with Gasteiger partial charge in [0.25, 0.3) is 0 Å². The second-order valence-corrected chi connectivity index (χ2v) is 5.81. The standard InChI is InChI=1S/C18H20O3/c1-18(20,13-6-3-2-4-7-13)12-21-17-9-5-8-14-15(17)10-11-16(14)19/h2-9,16,19-20H,10-12H2,1H3. The van der Waals surface area contributed by atoms with Crippen molar-refractivity contribution in [3.63, 3.8) is 0 Å². The SMILES string of the molecule is CC(O)(COc1cccc2c1CCC2O)c1ccccc1. The van der Waals surface area contributed by atoms with E-state index >= 15 is 0 Å². The van der Waals surface area contributed by atoms with Gasteiger partial charge in [-0.05, 0) is 37.0 Å². The quantitative estimate of drug-likeness (QED) is 0.907. The second-order valence-electron chi connectivity index (χ2n) is 5.81. The van der Waals surface area contributed by atoms with Crippen LogP contribution in [-0.4, -0.2) is 16.8 Å². The summed E-state index contributed by atoms with van der Waals surface area (Å²) in [5.41, 5.74) is 1.81. The average molecular weight is 284 g/mol. The van der Waals surface area contributed by atoms with E-state index in [2.05, 4.69) is 0 Å². The number of rotatable bonds is 4. The van der Waals surface area contributed by atoms with Crippen molar-refractivity contribution < 1.29 is 14.9 Å². The van der Waals surface area contributed by atoms with Crippen molar-refractivity contribution in [3.8, 4) is 5.75 Å². The molecule has 1 aliphatic carbocycles. The Morgan fingerprint density at radius 2 is 1.90 bits per heavy atom. The van der Waals surface area contributed by atoms with E-state index in [9.17, 15) is 10.2 Å². The summed E-state index contributed by atoms with van der Waals surface area (Å²) >= 11 is 0. The normalized spacial score (nSPS) is 19.9. The third-order valence-corrected chi connectivity index (χ3v) is 4.10. The fourth-order valence-electron chi connectivity index (χ4n) is 2.83. The molecule has 2 aromatic rings. The molecule has 2 aromatic carbocycles. The topological polar surface area (TPSA) is 49.7 Å². The van der Waals surface area contributed by atoms with Crippen molar-refractivity contribution in [3.05, 3.63) is 65.2 Å². The number of hydrogen-bond acceptors (Lipinski definition) is 3. The smallest absolute Gasteiger partial charge is 0.123 e. The molecule has 3 rings (SSSR count). The summed E-state index contributed by atoms with van der Waals surface area (Å²) in [5, 5.41) is 20.5. The Bertz CT molecular complexity index is 620. The third kappa shape index (κ3) is 2.80. The summed E-state index contributed by atoms with van der Waals surface area (Å²) in [5.74, 6) is 0.764. The van der Waals surface area contributed by atoms with E-state index in [-0.39, 0.29) is 6.61 Å². The lowest BCUT2D eigenvalue weighted by atomic mass is 9.97. The van der Waals surface area contributed by atoms with Crippen molar-refractivity contribution in [1.29, 1.82) is 0 Å². The Morgan fingerprint density at radius 1 is 1.14 bits per heavy atom. The highest BCUT2D eigenvalue weighted by Crippen LogP contribution is 2.37. The van der Waals surface area contributed by atoms with Gasteiger partial charge in [-0.15, -0.1) is 0 Å². The highest BCUT2D eigenvalue weighted by Gasteiger charge is 2.27. The maximum atomic E-state index is 10.6. The van der Waals surface area contributed by atoms with Crippen LogP contribution in [0.2, 0.25) is 0 Å². The number of fused-ring (bicyclic) bond motifs is 1. The van der Waals surface area contributed by atoms with E-state index in [1.807, 2.05) is 48.5 Å². The van der Waals surface area contributed by atoms with Crippen LogP contribution in [-0.2, 0) is 12.0 Å². The van der Waals surface area contributed by atoms with E-state index in [1.165, 1.54) is 0 Å². The molecule has 0 fully saturated rings. The van der Waals surface area contributed by atoms with Gasteiger partial charge in [0.15, 0.2) is 0 Å². The van der Waals surface area contributed by atoms with Crippen LogP contribution in [0.25, 0.3) is 0 Å². The predicted molar refractivity (Wildman–Crippen MR) is 81.2 cm³/mol. The van der Waals surface area contributed by atoms with Gasteiger partial charge in [-0.3, -0.25) is 0 Å². The molecule has 0 aliphatic heterocycles. The van der Waals surface area contributed by atoms with Crippen LogP contribution in [0.4, 0.5) is 0 Å². The molecule has 3 heteroatoms. The molecule has 2 N–H and O–H groups in total. The summed E-state index contributed by atoms with van der Waals surface area (Å²) < 4.78 is 5.86. The van der Waals surface area contributed by atoms with Gasteiger partial charge in [-0.1, -0.05) is 42.5 Å². The molecule has 1 aliphatic rings. The second kappa shape index (κ2) is 5.51. The summed E-state index contributed by atoms with van der Waals surface area (Å²) in [6.07, 6.45) is 1.17. The van der Waals surface area contributed by atoms with Crippen LogP contribution < -0.4 is 4.74 Å². The lowest BCUT2D eigenvalue weighted by molar-refractivity contribution is 0.00733. The van der Waals surface area contributed by atoms with E-state index < -0.39 is 11.7 Å². The van der Waals surface area contributed by atoms with Crippen LogP contribution in [0.1, 0.15) is 36.1 Å². The Morgan fingerprint density at radius 3 is 2.67 bits per heavy atom. The first-order valence-corrected chi connectivity index (χ1v) is 7.28. The molecule has 2 unspecified atom stereocenters. The first-order chi connectivity index (χ1) is 10.1. The van der Waals surface area contributed by atoms with Gasteiger partial charge in [0.2, 0.25) is 0 Å². The largest absolute Gasteiger partial charge is 0.490 e. The Kier molecular flexibility index (Phi) is 3.70. The van der Waals surface area contributed by atoms with E-state index in [1.54, 1.807) is 6.92 Å². The zero-order chi connectivity index (χ0) is 14.9. The first kappa shape index (κ1) is 14.1. The Balaban J connectivity index is 1.77. The highest BCUT2D eigenvalue weighted by atomic mass is 16.5. The van der Waals surface area contributed by atoms with E-state index in [4.69, 9.17) is 4.74 Å². The fraction of sp³-hybridized carbons (Fsp3) is 0.333. The highest BCUT2D eigenvalue weighted by molar-refractivity contribution is 5.44. The summed E-state index contributed by atoms with van der Waals surface area (Å²) in [7, 11) is 0. The zero-order valence-electron chi connectivity index (χ0n) is 12.1. The lowest BCUT2D eigenvalue weighted by Crippen LogP contribution is -2.29. The van der Waals surface area contributed by atoms with Crippen LogP contribution in [0.3, 0.4) is 0 Å². The lowest BCUT2D eigenvalue weighted by Gasteiger charge is -2.24. The number of aliphatic hydroxyl groups excluding tert-OH is 1. The minimum atomic E-state index is -1.04. The molecule has 2 atom stereocenters. The maximum Gasteiger partial charge on any atom is 0.123 e. The van der Waals surface area contributed by atoms with Crippen molar-refractivity contribution in [1.82, 2.24) is 0 Å². The van der Waals surface area contributed by atoms with Gasteiger partial charge in [0.1, 0.15) is 18.0 Å². The number of aliphatic hydroxyl groups is 2. The monoisotopic (exact) mass is 284 g/mol. The third-order valence-electron chi connectivity index (χ3n) is 4.10. The van der Waals surface area contributed by atoms with Gasteiger partial charge < -0.3 is 14.9 Å². The van der Waals surface area contributed by atoms with Crippen molar-refractivity contribution in [2.75, 3.05) is 6.61 Å². The number of ether oxygens (including phenoxy) is 1. The van der Waals surface area contributed by atoms with Crippen molar-refractivity contribution >= 4 is 0 Å². The molecule has 3 nitrogen and oxygen atoms in total. The molecule has 0 saturated heterocycles. The number of hydrogen-bond donors (Lipinski definition) is 2. The molecule has 0 bridgehead atoms.